The summed E-state index contributed by atoms with van der Waals surface area (Å²) < 4.78 is 13.8. The van der Waals surface area contributed by atoms with E-state index in [1.165, 1.54) is 6.07 Å². The van der Waals surface area contributed by atoms with Crippen molar-refractivity contribution in [3.05, 3.63) is 35.1 Å². The Hall–Kier alpha value is -1.93. The molecule has 1 aromatic rings. The van der Waals surface area contributed by atoms with Crippen LogP contribution in [-0.4, -0.2) is 30.4 Å². The van der Waals surface area contributed by atoms with Crippen LogP contribution in [0.5, 0.6) is 0 Å². The van der Waals surface area contributed by atoms with E-state index in [0.717, 1.165) is 25.9 Å². The number of nitrogens with zero attached hydrogens (tertiary/aromatic N) is 2. The highest BCUT2D eigenvalue weighted by Crippen LogP contribution is 2.12. The molecule has 1 aromatic carbocycles. The van der Waals surface area contributed by atoms with Crippen molar-refractivity contribution in [2.45, 2.75) is 25.8 Å². The molecule has 20 heavy (non-hydrogen) atoms. The number of nitrogens with one attached hydrogen (secondary N) is 1. The lowest BCUT2D eigenvalue weighted by molar-refractivity contribution is -0.130. The number of hydrogen-bond acceptors (Lipinski definition) is 3. The average Bonchev–Trinajstić information content (AvgIpc) is 2.99. The van der Waals surface area contributed by atoms with Crippen LogP contribution in [0.3, 0.4) is 0 Å². The molecule has 0 aliphatic carbocycles. The number of halogens is 1. The van der Waals surface area contributed by atoms with Gasteiger partial charge in [0.1, 0.15) is 11.9 Å². The molecule has 0 unspecified atom stereocenters. The molecule has 0 spiro atoms. The van der Waals surface area contributed by atoms with Gasteiger partial charge in [0.2, 0.25) is 5.91 Å². The molecule has 0 aromatic heterocycles. The third-order valence-corrected chi connectivity index (χ3v) is 3.49. The van der Waals surface area contributed by atoms with Crippen molar-refractivity contribution in [1.29, 1.82) is 5.26 Å². The van der Waals surface area contributed by atoms with Gasteiger partial charge in [-0.3, -0.25) is 4.79 Å². The van der Waals surface area contributed by atoms with Gasteiger partial charge in [0.05, 0.1) is 5.56 Å². The van der Waals surface area contributed by atoms with E-state index in [2.05, 4.69) is 5.32 Å². The largest absolute Gasteiger partial charge is 0.343 e. The smallest absolute Gasteiger partial charge is 0.223 e. The van der Waals surface area contributed by atoms with E-state index < -0.39 is 5.82 Å². The zero-order chi connectivity index (χ0) is 14.4. The minimum Gasteiger partial charge on any atom is -0.343 e. The van der Waals surface area contributed by atoms with E-state index in [-0.39, 0.29) is 11.5 Å². The van der Waals surface area contributed by atoms with Crippen LogP contribution in [0.2, 0.25) is 0 Å². The van der Waals surface area contributed by atoms with E-state index in [1.54, 1.807) is 12.1 Å². The van der Waals surface area contributed by atoms with Crippen molar-refractivity contribution in [1.82, 2.24) is 10.2 Å². The van der Waals surface area contributed by atoms with Gasteiger partial charge in [-0.05, 0) is 18.9 Å². The Labute approximate surface area is 118 Å². The first-order valence-electron chi connectivity index (χ1n) is 6.88. The van der Waals surface area contributed by atoms with Gasteiger partial charge in [0.15, 0.2) is 0 Å². The van der Waals surface area contributed by atoms with Crippen LogP contribution in [-0.2, 0) is 11.3 Å². The molecule has 1 fully saturated rings. The van der Waals surface area contributed by atoms with E-state index in [9.17, 15) is 9.18 Å². The molecule has 4 nitrogen and oxygen atoms in total. The first kappa shape index (κ1) is 14.5. The molecule has 0 radical (unpaired) electrons. The number of carbonyl (C=O) groups is 1. The lowest BCUT2D eigenvalue weighted by Crippen LogP contribution is -2.30. The first-order chi connectivity index (χ1) is 9.72. The van der Waals surface area contributed by atoms with E-state index in [1.807, 2.05) is 11.0 Å². The van der Waals surface area contributed by atoms with Gasteiger partial charge < -0.3 is 10.2 Å². The maximum atomic E-state index is 13.8. The highest BCUT2D eigenvalue weighted by atomic mass is 19.1. The number of amides is 1. The third-order valence-electron chi connectivity index (χ3n) is 3.49. The second-order valence-electron chi connectivity index (χ2n) is 4.91. The second kappa shape index (κ2) is 7.01. The number of likely N-dealkylation sites (tertiary alicyclic amines) is 1. The summed E-state index contributed by atoms with van der Waals surface area (Å²) in [5.74, 6) is -0.324. The summed E-state index contributed by atoms with van der Waals surface area (Å²) in [6.07, 6.45) is 2.61. The maximum absolute atomic E-state index is 13.8. The van der Waals surface area contributed by atoms with Crippen LogP contribution in [0.1, 0.15) is 30.4 Å². The molecule has 0 saturated carbocycles. The molecular weight excluding hydrogens is 257 g/mol. The fourth-order valence-electron chi connectivity index (χ4n) is 2.35. The van der Waals surface area contributed by atoms with Gasteiger partial charge in [-0.25, -0.2) is 4.39 Å². The first-order valence-corrected chi connectivity index (χ1v) is 6.88. The molecule has 1 heterocycles. The van der Waals surface area contributed by atoms with Crippen molar-refractivity contribution in [3.63, 3.8) is 0 Å². The van der Waals surface area contributed by atoms with Gasteiger partial charge in [-0.1, -0.05) is 12.1 Å². The van der Waals surface area contributed by atoms with Crippen LogP contribution in [0, 0.1) is 17.1 Å². The minimum atomic E-state index is -0.478. The predicted molar refractivity (Wildman–Crippen MR) is 73.3 cm³/mol. The fourth-order valence-corrected chi connectivity index (χ4v) is 2.35. The quantitative estimate of drug-likeness (QED) is 0.834. The van der Waals surface area contributed by atoms with Crippen molar-refractivity contribution < 1.29 is 9.18 Å². The zero-order valence-electron chi connectivity index (χ0n) is 11.4. The number of rotatable bonds is 5. The summed E-state index contributed by atoms with van der Waals surface area (Å²) in [5, 5.41) is 11.8. The molecular formula is C15H18FN3O. The summed E-state index contributed by atoms with van der Waals surface area (Å²) in [6.45, 7) is 2.57. The van der Waals surface area contributed by atoms with E-state index >= 15 is 0 Å². The summed E-state index contributed by atoms with van der Waals surface area (Å²) in [4.78, 5) is 13.7. The number of carbonyl (C=O) groups excluding carboxylic acids is 1. The molecule has 5 heteroatoms. The minimum absolute atomic E-state index is 0.0532. The molecule has 1 saturated heterocycles. The number of hydrogen-bond donors (Lipinski definition) is 1. The zero-order valence-corrected chi connectivity index (χ0v) is 11.4. The SMILES string of the molecule is N#Cc1cccc(CNCCC(=O)N2CCCC2)c1F. The van der Waals surface area contributed by atoms with Crippen molar-refractivity contribution in [2.75, 3.05) is 19.6 Å². The monoisotopic (exact) mass is 275 g/mol. The number of benzene rings is 1. The average molecular weight is 275 g/mol. The Morgan fingerprint density at radius 1 is 1.40 bits per heavy atom. The van der Waals surface area contributed by atoms with Gasteiger partial charge in [0, 0.05) is 38.2 Å². The molecule has 1 N–H and O–H groups in total. The molecule has 0 atom stereocenters. The van der Waals surface area contributed by atoms with Crippen molar-refractivity contribution in [2.24, 2.45) is 0 Å². The highest BCUT2D eigenvalue weighted by Gasteiger charge is 2.17. The normalized spacial score (nSPS) is 14.3. The van der Waals surface area contributed by atoms with Crippen molar-refractivity contribution >= 4 is 5.91 Å². The predicted octanol–water partition coefficient (Wildman–Crippen LogP) is 1.80. The van der Waals surface area contributed by atoms with E-state index in [4.69, 9.17) is 5.26 Å². The van der Waals surface area contributed by atoms with Crippen LogP contribution in [0.15, 0.2) is 18.2 Å². The maximum Gasteiger partial charge on any atom is 0.223 e. The van der Waals surface area contributed by atoms with Crippen LogP contribution in [0.4, 0.5) is 4.39 Å². The summed E-state index contributed by atoms with van der Waals surface area (Å²) in [5.41, 5.74) is 0.509. The standard InChI is InChI=1S/C15H18FN3O/c16-15-12(10-17)4-3-5-13(15)11-18-7-6-14(20)19-8-1-2-9-19/h3-5,18H,1-2,6-9,11H2. The Morgan fingerprint density at radius 2 is 2.15 bits per heavy atom. The van der Waals surface area contributed by atoms with Gasteiger partial charge >= 0.3 is 0 Å². The molecule has 0 bridgehead atoms. The topological polar surface area (TPSA) is 56.1 Å². The van der Waals surface area contributed by atoms with Crippen LogP contribution >= 0.6 is 0 Å². The summed E-state index contributed by atoms with van der Waals surface area (Å²) >= 11 is 0. The van der Waals surface area contributed by atoms with Gasteiger partial charge in [0.25, 0.3) is 0 Å². The third kappa shape index (κ3) is 3.55. The Morgan fingerprint density at radius 3 is 2.85 bits per heavy atom. The Bertz CT molecular complexity index is 518. The molecule has 1 amide bonds. The van der Waals surface area contributed by atoms with Crippen LogP contribution < -0.4 is 5.32 Å². The van der Waals surface area contributed by atoms with Crippen LogP contribution in [0.25, 0.3) is 0 Å². The fraction of sp³-hybridized carbons (Fsp3) is 0.467. The van der Waals surface area contributed by atoms with Gasteiger partial charge in [-0.2, -0.15) is 5.26 Å². The lowest BCUT2D eigenvalue weighted by Gasteiger charge is -2.15. The highest BCUT2D eigenvalue weighted by molar-refractivity contribution is 5.76. The summed E-state index contributed by atoms with van der Waals surface area (Å²) in [6, 6.07) is 6.58. The van der Waals surface area contributed by atoms with Crippen molar-refractivity contribution in [3.8, 4) is 6.07 Å². The summed E-state index contributed by atoms with van der Waals surface area (Å²) in [7, 11) is 0. The lowest BCUT2D eigenvalue weighted by atomic mass is 10.1. The molecule has 1 aliphatic heterocycles. The number of nitriles is 1. The molecule has 1 aliphatic rings. The Kier molecular flexibility index (Phi) is 5.08. The van der Waals surface area contributed by atoms with Gasteiger partial charge in [-0.15, -0.1) is 0 Å². The Balaban J connectivity index is 1.76. The molecule has 2 rings (SSSR count). The molecule has 106 valence electrons. The van der Waals surface area contributed by atoms with E-state index in [0.29, 0.717) is 25.1 Å². The second-order valence-corrected chi connectivity index (χ2v) is 4.91.